The standard InChI is InChI=1S/C17H23ClN4O2/c18-13-4-5-15(20-11-13)21-16(23)12-6-9-22(10-7-12)17(24)14-3-1-2-8-19-14/h4-5,11-12,14,19H,1-3,6-10H2,(H,20,21,23). The van der Waals surface area contributed by atoms with Gasteiger partial charge in [0.25, 0.3) is 0 Å². The van der Waals surface area contributed by atoms with Gasteiger partial charge in [-0.3, -0.25) is 9.59 Å². The Morgan fingerprint density at radius 2 is 2.00 bits per heavy atom. The number of nitrogens with zero attached hydrogens (tertiary/aromatic N) is 2. The maximum Gasteiger partial charge on any atom is 0.239 e. The average Bonchev–Trinajstić information content (AvgIpc) is 2.64. The van der Waals surface area contributed by atoms with E-state index < -0.39 is 0 Å². The Morgan fingerprint density at radius 3 is 2.62 bits per heavy atom. The highest BCUT2D eigenvalue weighted by atomic mass is 35.5. The van der Waals surface area contributed by atoms with Crippen LogP contribution in [0.15, 0.2) is 18.3 Å². The van der Waals surface area contributed by atoms with Gasteiger partial charge in [-0.2, -0.15) is 0 Å². The van der Waals surface area contributed by atoms with Crippen LogP contribution in [0.5, 0.6) is 0 Å². The maximum absolute atomic E-state index is 12.5. The number of hydrogen-bond acceptors (Lipinski definition) is 4. The number of carbonyl (C=O) groups excluding carboxylic acids is 2. The summed E-state index contributed by atoms with van der Waals surface area (Å²) in [6, 6.07) is 3.35. The van der Waals surface area contributed by atoms with E-state index in [0.717, 1.165) is 25.8 Å². The minimum absolute atomic E-state index is 0.0345. The number of carbonyl (C=O) groups is 2. The minimum Gasteiger partial charge on any atom is -0.341 e. The molecule has 0 bridgehead atoms. The van der Waals surface area contributed by atoms with E-state index in [-0.39, 0.29) is 23.8 Å². The molecule has 1 atom stereocenters. The van der Waals surface area contributed by atoms with E-state index in [9.17, 15) is 9.59 Å². The summed E-state index contributed by atoms with van der Waals surface area (Å²) in [5, 5.41) is 6.66. The van der Waals surface area contributed by atoms with Crippen LogP contribution in [0, 0.1) is 5.92 Å². The number of rotatable bonds is 3. The third-order valence-corrected chi connectivity index (χ3v) is 4.99. The maximum atomic E-state index is 12.5. The molecule has 2 fully saturated rings. The first-order chi connectivity index (χ1) is 11.6. The van der Waals surface area contributed by atoms with E-state index in [1.54, 1.807) is 12.1 Å². The molecule has 3 rings (SSSR count). The molecule has 0 saturated carbocycles. The molecular weight excluding hydrogens is 328 g/mol. The molecule has 1 aromatic heterocycles. The van der Waals surface area contributed by atoms with E-state index in [4.69, 9.17) is 11.6 Å². The summed E-state index contributed by atoms with van der Waals surface area (Å²) >= 11 is 5.79. The highest BCUT2D eigenvalue weighted by Crippen LogP contribution is 2.21. The Morgan fingerprint density at radius 1 is 1.21 bits per heavy atom. The predicted octanol–water partition coefficient (Wildman–Crippen LogP) is 2.05. The number of hydrogen-bond donors (Lipinski definition) is 2. The van der Waals surface area contributed by atoms with Crippen molar-refractivity contribution >= 4 is 29.2 Å². The van der Waals surface area contributed by atoms with Crippen LogP contribution in [0.1, 0.15) is 32.1 Å². The number of halogens is 1. The summed E-state index contributed by atoms with van der Waals surface area (Å²) < 4.78 is 0. The van der Waals surface area contributed by atoms with Gasteiger partial charge in [0.15, 0.2) is 0 Å². The normalized spacial score (nSPS) is 22.2. The predicted molar refractivity (Wildman–Crippen MR) is 92.8 cm³/mol. The quantitative estimate of drug-likeness (QED) is 0.875. The molecule has 2 N–H and O–H groups in total. The summed E-state index contributed by atoms with van der Waals surface area (Å²) in [5.74, 6) is 0.584. The molecular formula is C17H23ClN4O2. The highest BCUT2D eigenvalue weighted by molar-refractivity contribution is 6.30. The van der Waals surface area contributed by atoms with Crippen molar-refractivity contribution in [2.45, 2.75) is 38.1 Å². The molecule has 0 aromatic carbocycles. The Bertz CT molecular complexity index is 579. The topological polar surface area (TPSA) is 74.3 Å². The molecule has 0 aliphatic carbocycles. The molecule has 6 nitrogen and oxygen atoms in total. The van der Waals surface area contributed by atoms with Crippen molar-refractivity contribution in [3.8, 4) is 0 Å². The summed E-state index contributed by atoms with van der Waals surface area (Å²) in [6.07, 6.45) is 6.06. The van der Waals surface area contributed by atoms with Gasteiger partial charge < -0.3 is 15.5 Å². The van der Waals surface area contributed by atoms with E-state index in [1.807, 2.05) is 4.90 Å². The number of piperidine rings is 2. The van der Waals surface area contributed by atoms with E-state index in [1.165, 1.54) is 6.20 Å². The van der Waals surface area contributed by atoms with Crippen molar-refractivity contribution in [2.24, 2.45) is 5.92 Å². The van der Waals surface area contributed by atoms with Gasteiger partial charge in [-0.25, -0.2) is 4.98 Å². The largest absolute Gasteiger partial charge is 0.341 e. The van der Waals surface area contributed by atoms with E-state index in [0.29, 0.717) is 36.8 Å². The van der Waals surface area contributed by atoms with Crippen LogP contribution in [0.3, 0.4) is 0 Å². The molecule has 2 saturated heterocycles. The Balaban J connectivity index is 1.48. The van der Waals surface area contributed by atoms with Crippen LogP contribution in [0.2, 0.25) is 5.02 Å². The molecule has 130 valence electrons. The summed E-state index contributed by atoms with van der Waals surface area (Å²) in [5.41, 5.74) is 0. The van der Waals surface area contributed by atoms with Crippen LogP contribution in [0.25, 0.3) is 0 Å². The van der Waals surface area contributed by atoms with Crippen molar-refractivity contribution in [2.75, 3.05) is 25.0 Å². The van der Waals surface area contributed by atoms with Crippen LogP contribution < -0.4 is 10.6 Å². The molecule has 7 heteroatoms. The Hall–Kier alpha value is -1.66. The van der Waals surface area contributed by atoms with Crippen molar-refractivity contribution < 1.29 is 9.59 Å². The van der Waals surface area contributed by atoms with Crippen LogP contribution in [0.4, 0.5) is 5.82 Å². The molecule has 2 aliphatic rings. The Labute approximate surface area is 147 Å². The molecule has 0 spiro atoms. The van der Waals surface area contributed by atoms with Gasteiger partial charge in [-0.05, 0) is 44.4 Å². The number of pyridine rings is 1. The second-order valence-electron chi connectivity index (χ2n) is 6.45. The molecule has 0 radical (unpaired) electrons. The fraction of sp³-hybridized carbons (Fsp3) is 0.588. The first-order valence-corrected chi connectivity index (χ1v) is 8.96. The molecule has 2 aliphatic heterocycles. The molecule has 3 heterocycles. The molecule has 1 aromatic rings. The van der Waals surface area contributed by atoms with Gasteiger partial charge in [-0.15, -0.1) is 0 Å². The summed E-state index contributed by atoms with van der Waals surface area (Å²) in [6.45, 7) is 2.20. The van der Waals surface area contributed by atoms with Crippen molar-refractivity contribution in [3.63, 3.8) is 0 Å². The minimum atomic E-state index is -0.0779. The van der Waals surface area contributed by atoms with Crippen molar-refractivity contribution in [1.29, 1.82) is 0 Å². The van der Waals surface area contributed by atoms with Crippen LogP contribution in [-0.2, 0) is 9.59 Å². The lowest BCUT2D eigenvalue weighted by Gasteiger charge is -2.35. The van der Waals surface area contributed by atoms with Gasteiger partial charge in [-0.1, -0.05) is 18.0 Å². The zero-order valence-corrected chi connectivity index (χ0v) is 14.4. The lowest BCUT2D eigenvalue weighted by Crippen LogP contribution is -2.51. The number of nitrogens with one attached hydrogen (secondary N) is 2. The van der Waals surface area contributed by atoms with Crippen molar-refractivity contribution in [3.05, 3.63) is 23.4 Å². The van der Waals surface area contributed by atoms with Gasteiger partial charge in [0, 0.05) is 25.2 Å². The molecule has 2 amide bonds. The van der Waals surface area contributed by atoms with Crippen molar-refractivity contribution in [1.82, 2.24) is 15.2 Å². The number of aromatic nitrogens is 1. The average molecular weight is 351 g/mol. The lowest BCUT2D eigenvalue weighted by atomic mass is 9.94. The summed E-state index contributed by atoms with van der Waals surface area (Å²) in [7, 11) is 0. The molecule has 24 heavy (non-hydrogen) atoms. The van der Waals surface area contributed by atoms with E-state index >= 15 is 0 Å². The fourth-order valence-electron chi connectivity index (χ4n) is 3.32. The SMILES string of the molecule is O=C(Nc1ccc(Cl)cn1)C1CCN(C(=O)C2CCCCN2)CC1. The number of likely N-dealkylation sites (tertiary alicyclic amines) is 1. The third-order valence-electron chi connectivity index (χ3n) is 4.76. The smallest absolute Gasteiger partial charge is 0.239 e. The van der Waals surface area contributed by atoms with Crippen LogP contribution >= 0.6 is 11.6 Å². The second-order valence-corrected chi connectivity index (χ2v) is 6.89. The van der Waals surface area contributed by atoms with Gasteiger partial charge in [0.2, 0.25) is 11.8 Å². The second kappa shape index (κ2) is 7.94. The monoisotopic (exact) mass is 350 g/mol. The zero-order chi connectivity index (χ0) is 16.9. The highest BCUT2D eigenvalue weighted by Gasteiger charge is 2.31. The summed E-state index contributed by atoms with van der Waals surface area (Å²) in [4.78, 5) is 30.8. The number of anilines is 1. The van der Waals surface area contributed by atoms with Gasteiger partial charge in [0.05, 0.1) is 11.1 Å². The Kier molecular flexibility index (Phi) is 5.68. The van der Waals surface area contributed by atoms with Crippen LogP contribution in [-0.4, -0.2) is 47.4 Å². The third kappa shape index (κ3) is 4.24. The van der Waals surface area contributed by atoms with E-state index in [2.05, 4.69) is 15.6 Å². The fourth-order valence-corrected chi connectivity index (χ4v) is 3.43. The first kappa shape index (κ1) is 17.2. The van der Waals surface area contributed by atoms with Gasteiger partial charge in [0.1, 0.15) is 5.82 Å². The van der Waals surface area contributed by atoms with Gasteiger partial charge >= 0.3 is 0 Å². The first-order valence-electron chi connectivity index (χ1n) is 8.58. The number of amides is 2. The lowest BCUT2D eigenvalue weighted by molar-refractivity contribution is -0.137. The molecule has 1 unspecified atom stereocenters. The zero-order valence-electron chi connectivity index (χ0n) is 13.6.